The molecule has 3 aromatic rings. The molecule has 1 aliphatic heterocycles. The minimum atomic E-state index is -0.164. The molecular weight excluding hydrogens is 276 g/mol. The molecule has 0 fully saturated rings. The Hall–Kier alpha value is -2.88. The molecule has 0 spiro atoms. The van der Waals surface area contributed by atoms with E-state index in [1.54, 1.807) is 24.3 Å². The Morgan fingerprint density at radius 1 is 1.00 bits per heavy atom. The number of H-pyrrole nitrogens is 1. The van der Waals surface area contributed by atoms with Crippen molar-refractivity contribution in [2.45, 2.75) is 13.8 Å². The average molecular weight is 292 g/mol. The normalized spacial score (nSPS) is 12.6. The topological polar surface area (TPSA) is 65.5 Å². The highest BCUT2D eigenvalue weighted by Gasteiger charge is 2.29. The van der Waals surface area contributed by atoms with Crippen LogP contribution in [0.3, 0.4) is 0 Å². The van der Waals surface area contributed by atoms with E-state index in [2.05, 4.69) is 9.98 Å². The number of rotatable bonds is 1. The molecule has 0 amide bonds. The number of ketones is 1. The second-order valence-electron chi connectivity index (χ2n) is 4.70. The van der Waals surface area contributed by atoms with Gasteiger partial charge in [-0.2, -0.15) is 0 Å². The molecule has 0 bridgehead atoms. The number of fused-ring (bicyclic) bond motifs is 2. The SMILES string of the molecule is CC.O=C1C(c2[nH]c3ccccc3c2O)=Nc2ccccc21. The van der Waals surface area contributed by atoms with Gasteiger partial charge in [0.15, 0.2) is 5.75 Å². The third kappa shape index (κ3) is 2.00. The highest BCUT2D eigenvalue weighted by Crippen LogP contribution is 2.34. The first kappa shape index (κ1) is 14.1. The number of hydrogen-bond donors (Lipinski definition) is 2. The largest absolute Gasteiger partial charge is 0.505 e. The molecular formula is C18H16N2O2. The summed E-state index contributed by atoms with van der Waals surface area (Å²) in [5.41, 5.74) is 2.64. The zero-order chi connectivity index (χ0) is 15.7. The van der Waals surface area contributed by atoms with Gasteiger partial charge in [-0.25, -0.2) is 4.99 Å². The van der Waals surface area contributed by atoms with Crippen molar-refractivity contribution in [3.05, 3.63) is 59.8 Å². The van der Waals surface area contributed by atoms with Gasteiger partial charge in [-0.1, -0.05) is 38.1 Å². The van der Waals surface area contributed by atoms with E-state index in [1.165, 1.54) is 0 Å². The third-order valence-corrected chi connectivity index (χ3v) is 3.51. The Bertz CT molecular complexity index is 891. The second-order valence-corrected chi connectivity index (χ2v) is 4.70. The number of Topliss-reactive ketones (excluding diaryl/α,β-unsaturated/α-hetero) is 1. The molecule has 2 aromatic carbocycles. The smallest absolute Gasteiger partial charge is 0.215 e. The average Bonchev–Trinajstić information content (AvgIpc) is 3.08. The van der Waals surface area contributed by atoms with E-state index in [1.807, 2.05) is 38.1 Å². The van der Waals surface area contributed by atoms with E-state index in [4.69, 9.17) is 0 Å². The van der Waals surface area contributed by atoms with Crippen molar-refractivity contribution in [2.24, 2.45) is 4.99 Å². The Morgan fingerprint density at radius 3 is 2.41 bits per heavy atom. The van der Waals surface area contributed by atoms with Crippen molar-refractivity contribution in [1.82, 2.24) is 4.98 Å². The predicted molar refractivity (Wildman–Crippen MR) is 88.3 cm³/mol. The van der Waals surface area contributed by atoms with Crippen LogP contribution in [0.5, 0.6) is 5.75 Å². The minimum Gasteiger partial charge on any atom is -0.505 e. The molecule has 0 saturated carbocycles. The summed E-state index contributed by atoms with van der Waals surface area (Å²) in [6.45, 7) is 4.00. The molecule has 4 rings (SSSR count). The molecule has 0 atom stereocenters. The van der Waals surface area contributed by atoms with Crippen molar-refractivity contribution in [3.8, 4) is 5.75 Å². The van der Waals surface area contributed by atoms with Gasteiger partial charge in [-0.15, -0.1) is 0 Å². The van der Waals surface area contributed by atoms with E-state index in [9.17, 15) is 9.90 Å². The van der Waals surface area contributed by atoms with Gasteiger partial charge in [0, 0.05) is 16.5 Å². The van der Waals surface area contributed by atoms with Gasteiger partial charge in [-0.3, -0.25) is 4.79 Å². The number of carbonyl (C=O) groups excluding carboxylic acids is 1. The van der Waals surface area contributed by atoms with E-state index in [-0.39, 0.29) is 17.2 Å². The van der Waals surface area contributed by atoms with Gasteiger partial charge >= 0.3 is 0 Å². The van der Waals surface area contributed by atoms with E-state index in [0.717, 1.165) is 5.52 Å². The maximum absolute atomic E-state index is 12.4. The zero-order valence-electron chi connectivity index (χ0n) is 12.4. The molecule has 1 aliphatic rings. The summed E-state index contributed by atoms with van der Waals surface area (Å²) in [7, 11) is 0. The molecule has 0 unspecified atom stereocenters. The third-order valence-electron chi connectivity index (χ3n) is 3.51. The fourth-order valence-corrected chi connectivity index (χ4v) is 2.53. The molecule has 1 aromatic heterocycles. The highest BCUT2D eigenvalue weighted by molar-refractivity contribution is 6.55. The van der Waals surface area contributed by atoms with Gasteiger partial charge in [0.1, 0.15) is 11.4 Å². The number of aromatic nitrogens is 1. The molecule has 4 heteroatoms. The van der Waals surface area contributed by atoms with Crippen LogP contribution in [0.4, 0.5) is 5.69 Å². The van der Waals surface area contributed by atoms with Crippen LogP contribution in [0.25, 0.3) is 10.9 Å². The number of para-hydroxylation sites is 2. The van der Waals surface area contributed by atoms with Crippen LogP contribution < -0.4 is 0 Å². The van der Waals surface area contributed by atoms with Crippen molar-refractivity contribution >= 4 is 28.1 Å². The molecule has 2 N–H and O–H groups in total. The van der Waals surface area contributed by atoms with Crippen LogP contribution in [-0.4, -0.2) is 21.6 Å². The first-order valence-corrected chi connectivity index (χ1v) is 7.28. The maximum Gasteiger partial charge on any atom is 0.215 e. The molecule has 110 valence electrons. The van der Waals surface area contributed by atoms with Crippen LogP contribution in [0.1, 0.15) is 29.9 Å². The lowest BCUT2D eigenvalue weighted by atomic mass is 10.1. The van der Waals surface area contributed by atoms with Crippen molar-refractivity contribution in [2.75, 3.05) is 0 Å². The lowest BCUT2D eigenvalue weighted by molar-refractivity contribution is 0.107. The van der Waals surface area contributed by atoms with Gasteiger partial charge in [0.2, 0.25) is 5.78 Å². The Balaban J connectivity index is 0.000000693. The number of hydrogen-bond acceptors (Lipinski definition) is 3. The molecule has 0 radical (unpaired) electrons. The van der Waals surface area contributed by atoms with Crippen molar-refractivity contribution in [3.63, 3.8) is 0 Å². The predicted octanol–water partition coefficient (Wildman–Crippen LogP) is 4.22. The standard InChI is InChI=1S/C16H10N2O2.C2H6/c19-15-9-5-1-3-7-11(9)17-13(15)14-16(20)10-6-2-4-8-12(10)18-14;1-2/h1-8,17,19H;1-2H3. The van der Waals surface area contributed by atoms with Gasteiger partial charge in [0.25, 0.3) is 0 Å². The summed E-state index contributed by atoms with van der Waals surface area (Å²) in [6.07, 6.45) is 0. The fourth-order valence-electron chi connectivity index (χ4n) is 2.53. The minimum absolute atomic E-state index is 0.0699. The van der Waals surface area contributed by atoms with E-state index >= 15 is 0 Å². The highest BCUT2D eigenvalue weighted by atomic mass is 16.3. The summed E-state index contributed by atoms with van der Waals surface area (Å²) in [6, 6.07) is 14.5. The molecule has 0 aliphatic carbocycles. The van der Waals surface area contributed by atoms with Gasteiger partial charge in [-0.05, 0) is 24.3 Å². The molecule has 2 heterocycles. The van der Waals surface area contributed by atoms with Crippen LogP contribution in [0.2, 0.25) is 0 Å². The number of benzene rings is 2. The van der Waals surface area contributed by atoms with Crippen LogP contribution >= 0.6 is 0 Å². The van der Waals surface area contributed by atoms with Crippen molar-refractivity contribution < 1.29 is 9.90 Å². The van der Waals surface area contributed by atoms with Gasteiger partial charge < -0.3 is 10.1 Å². The number of aliphatic imine (C=N–C) groups is 1. The summed E-state index contributed by atoms with van der Waals surface area (Å²) in [5, 5.41) is 11.0. The summed E-state index contributed by atoms with van der Waals surface area (Å²) < 4.78 is 0. The van der Waals surface area contributed by atoms with Crippen LogP contribution in [-0.2, 0) is 0 Å². The Morgan fingerprint density at radius 2 is 1.68 bits per heavy atom. The summed E-state index contributed by atoms with van der Waals surface area (Å²) in [4.78, 5) is 19.8. The monoisotopic (exact) mass is 292 g/mol. The second kappa shape index (κ2) is 5.48. The number of nitrogens with one attached hydrogen (secondary N) is 1. The molecule has 0 saturated heterocycles. The zero-order valence-corrected chi connectivity index (χ0v) is 12.4. The van der Waals surface area contributed by atoms with E-state index < -0.39 is 0 Å². The van der Waals surface area contributed by atoms with Crippen molar-refractivity contribution in [1.29, 1.82) is 0 Å². The lowest BCUT2D eigenvalue weighted by Gasteiger charge is -1.96. The maximum atomic E-state index is 12.4. The number of aromatic amines is 1. The van der Waals surface area contributed by atoms with Gasteiger partial charge in [0.05, 0.1) is 5.69 Å². The number of nitrogens with zero attached hydrogens (tertiary/aromatic N) is 1. The molecule has 4 nitrogen and oxygen atoms in total. The fraction of sp³-hybridized carbons (Fsp3) is 0.111. The van der Waals surface area contributed by atoms with Crippen LogP contribution in [0.15, 0.2) is 53.5 Å². The Labute approximate surface area is 128 Å². The lowest BCUT2D eigenvalue weighted by Crippen LogP contribution is -2.11. The number of carbonyl (C=O) groups is 1. The quantitative estimate of drug-likeness (QED) is 0.705. The number of aromatic hydroxyl groups is 1. The van der Waals surface area contributed by atoms with E-state index in [0.29, 0.717) is 22.3 Å². The first-order chi connectivity index (χ1) is 10.8. The molecule has 22 heavy (non-hydrogen) atoms. The Kier molecular flexibility index (Phi) is 3.51. The summed E-state index contributed by atoms with van der Waals surface area (Å²) in [5.74, 6) is -0.0945. The summed E-state index contributed by atoms with van der Waals surface area (Å²) >= 11 is 0. The van der Waals surface area contributed by atoms with Crippen LogP contribution in [0, 0.1) is 0 Å². The first-order valence-electron chi connectivity index (χ1n) is 7.28.